The van der Waals surface area contributed by atoms with E-state index >= 15 is 0 Å². The van der Waals surface area contributed by atoms with Crippen LogP contribution in [0, 0.1) is 5.92 Å². The Hall–Kier alpha value is -8.99. The molecule has 458 valence electrons. The topological polar surface area (TPSA) is 371 Å². The number of hydrogen-bond donors (Lipinski definition) is 8. The van der Waals surface area contributed by atoms with E-state index < -0.39 is 47.8 Å². The normalized spacial score (nSPS) is 13.8. The fourth-order valence-electron chi connectivity index (χ4n) is 8.33. The number of fused-ring (bicyclic) bond motifs is 6. The van der Waals surface area contributed by atoms with Crippen LogP contribution in [0.3, 0.4) is 0 Å². The summed E-state index contributed by atoms with van der Waals surface area (Å²) in [5.74, 6) is -2.31. The Labute approximate surface area is 491 Å². The van der Waals surface area contributed by atoms with Crippen molar-refractivity contribution in [2.75, 3.05) is 121 Å². The van der Waals surface area contributed by atoms with Crippen LogP contribution < -0.4 is 57.7 Å². The number of ether oxygens (including phenoxy) is 7. The Morgan fingerprint density at radius 3 is 2.20 bits per heavy atom. The van der Waals surface area contributed by atoms with Crippen molar-refractivity contribution < 1.29 is 71.5 Å². The van der Waals surface area contributed by atoms with Crippen LogP contribution in [-0.4, -0.2) is 179 Å². The fourth-order valence-corrected chi connectivity index (χ4v) is 8.33. The molecule has 28 heteroatoms. The third-order valence-electron chi connectivity index (χ3n) is 12.9. The highest BCUT2D eigenvalue weighted by molar-refractivity contribution is 6.13. The molecule has 10 N–H and O–H groups in total. The lowest BCUT2D eigenvalue weighted by Crippen LogP contribution is -2.54. The summed E-state index contributed by atoms with van der Waals surface area (Å²) in [5, 5.41) is 16.3. The number of amides is 9. The lowest BCUT2D eigenvalue weighted by Gasteiger charge is -2.25. The number of urea groups is 1. The molecule has 0 saturated carbocycles. The summed E-state index contributed by atoms with van der Waals surface area (Å²) < 4.78 is 39.6. The van der Waals surface area contributed by atoms with E-state index in [4.69, 9.17) is 44.6 Å². The number of benzene rings is 2. The highest BCUT2D eigenvalue weighted by Crippen LogP contribution is 2.34. The molecule has 0 saturated heterocycles. The smallest absolute Gasteiger partial charge is 0.407 e. The molecular weight excluding hydrogens is 1110 g/mol. The van der Waals surface area contributed by atoms with Gasteiger partial charge in [-0.25, -0.2) is 19.6 Å². The number of nitrogens with zero attached hydrogens (tertiary/aromatic N) is 5. The molecule has 85 heavy (non-hydrogen) atoms. The van der Waals surface area contributed by atoms with Crippen molar-refractivity contribution in [3.8, 4) is 22.8 Å². The first-order chi connectivity index (χ1) is 41.1. The minimum absolute atomic E-state index is 0.0347. The summed E-state index contributed by atoms with van der Waals surface area (Å²) in [6, 6.07) is 10.8. The molecule has 0 spiro atoms. The van der Waals surface area contributed by atoms with E-state index in [1.807, 2.05) is 11.9 Å². The van der Waals surface area contributed by atoms with Crippen LogP contribution in [0.4, 0.5) is 32.5 Å². The van der Waals surface area contributed by atoms with Gasteiger partial charge in [-0.1, -0.05) is 26.0 Å². The Morgan fingerprint density at radius 2 is 1.49 bits per heavy atom. The number of anilines is 4. The van der Waals surface area contributed by atoms with E-state index in [1.54, 1.807) is 74.8 Å². The maximum Gasteiger partial charge on any atom is 0.407 e. The van der Waals surface area contributed by atoms with Crippen molar-refractivity contribution in [3.63, 3.8) is 0 Å². The van der Waals surface area contributed by atoms with Crippen LogP contribution in [0.15, 0.2) is 79.3 Å². The first-order valence-corrected chi connectivity index (χ1v) is 27.8. The number of primary amides is 1. The number of rotatable bonds is 32. The number of carbonyl (C=O) groups is 8. The van der Waals surface area contributed by atoms with Gasteiger partial charge in [-0.3, -0.25) is 38.7 Å². The molecular formula is C57H75N13O15. The zero-order valence-corrected chi connectivity index (χ0v) is 47.9. The predicted molar refractivity (Wildman–Crippen MR) is 310 cm³/mol. The molecule has 4 bridgehead atoms. The number of carbonyl (C=O) groups excluding carboxylic acids is 8. The van der Waals surface area contributed by atoms with Gasteiger partial charge in [0, 0.05) is 62.7 Å². The number of nitrogen functional groups attached to an aromatic ring is 1. The maximum atomic E-state index is 13.7. The third kappa shape index (κ3) is 21.9. The molecule has 0 aliphatic carbocycles. The van der Waals surface area contributed by atoms with E-state index in [2.05, 4.69) is 46.9 Å². The van der Waals surface area contributed by atoms with Gasteiger partial charge in [-0.05, 0) is 73.6 Å². The Bertz CT molecular complexity index is 2910. The monoisotopic (exact) mass is 1180 g/mol. The maximum absolute atomic E-state index is 13.7. The number of nitrogens with one attached hydrogen (secondary N) is 6. The first kappa shape index (κ1) is 65.2. The molecule has 2 aliphatic rings. The zero-order valence-electron chi connectivity index (χ0n) is 47.9. The fraction of sp³-hybridized carbons (Fsp3) is 0.456. The quantitative estimate of drug-likeness (QED) is 0.0257. The first-order valence-electron chi connectivity index (χ1n) is 27.8. The van der Waals surface area contributed by atoms with E-state index in [9.17, 15) is 38.4 Å². The van der Waals surface area contributed by atoms with Crippen LogP contribution >= 0.6 is 0 Å². The van der Waals surface area contributed by atoms with Crippen LogP contribution in [0.5, 0.6) is 11.5 Å². The average molecular weight is 1180 g/mol. The van der Waals surface area contributed by atoms with E-state index in [1.165, 1.54) is 18.3 Å². The molecule has 28 nitrogen and oxygen atoms in total. The molecule has 6 rings (SSSR count). The van der Waals surface area contributed by atoms with Gasteiger partial charge in [-0.15, -0.1) is 0 Å². The minimum Gasteiger partial charge on any atom is -0.490 e. The molecule has 2 aromatic carbocycles. The van der Waals surface area contributed by atoms with Crippen molar-refractivity contribution >= 4 is 70.4 Å². The number of nitrogens with two attached hydrogens (primary N) is 2. The standard InChI is InChI=1S/C57H75N13O15/c1-37(2)50(68-47(71)17-25-79-27-29-81-31-32-82-30-28-80-26-22-70-48(72)14-15-49(70)73)54(75)66-41(7-4-18-61-56(59)77)53(74)64-40-11-8-38(9-12-40)36-85-57(78)62-19-5-23-83-45-13-10-39-33-46(45)84-24-6-21-69(3)44-16-20-60-34-43(44)67-55(76)51-52(58)63-35-42(39)65-51/h8-16,20,33-35,37,41,50H,4-7,17-19,21-32,36H2,1-3H3,(H2,58,63)(H,62,78)(H,64,74)(H,66,75)(H,67,76)(H,68,71)(H3,59,61,77). The van der Waals surface area contributed by atoms with Crippen molar-refractivity contribution in [1.82, 2.24) is 41.1 Å². The second-order valence-electron chi connectivity index (χ2n) is 19.7. The Morgan fingerprint density at radius 1 is 0.800 bits per heavy atom. The Kier molecular flexibility index (Phi) is 26.5. The van der Waals surface area contributed by atoms with Crippen LogP contribution in [0.1, 0.15) is 62.0 Å². The van der Waals surface area contributed by atoms with Gasteiger partial charge < -0.3 is 81.4 Å². The summed E-state index contributed by atoms with van der Waals surface area (Å²) in [6.07, 6.45) is 7.87. The van der Waals surface area contributed by atoms with Gasteiger partial charge in [0.2, 0.25) is 17.7 Å². The second kappa shape index (κ2) is 34.6. The van der Waals surface area contributed by atoms with E-state index in [0.717, 1.165) is 10.6 Å². The van der Waals surface area contributed by atoms with Crippen LogP contribution in [-0.2, 0) is 54.3 Å². The van der Waals surface area contributed by atoms with Crippen LogP contribution in [0.25, 0.3) is 11.3 Å². The average Bonchev–Trinajstić information content (AvgIpc) is 3.43. The van der Waals surface area contributed by atoms with E-state index in [-0.39, 0.29) is 114 Å². The van der Waals surface area contributed by atoms with Gasteiger partial charge in [0.25, 0.3) is 17.7 Å². The number of imide groups is 1. The summed E-state index contributed by atoms with van der Waals surface area (Å²) >= 11 is 0. The largest absolute Gasteiger partial charge is 0.490 e. The molecule has 0 radical (unpaired) electrons. The molecule has 2 aromatic heterocycles. The molecule has 2 aliphatic heterocycles. The number of alkyl carbamates (subject to hydrolysis) is 1. The minimum atomic E-state index is -1.07. The second-order valence-corrected chi connectivity index (χ2v) is 19.7. The van der Waals surface area contributed by atoms with Crippen molar-refractivity contribution in [3.05, 3.63) is 90.5 Å². The number of pyridine rings is 1. The zero-order chi connectivity index (χ0) is 60.9. The lowest BCUT2D eigenvalue weighted by molar-refractivity contribution is -0.137. The predicted octanol–water partition coefficient (Wildman–Crippen LogP) is 2.68. The molecule has 2 atom stereocenters. The molecule has 4 aromatic rings. The van der Waals surface area contributed by atoms with Crippen molar-refractivity contribution in [2.24, 2.45) is 11.7 Å². The van der Waals surface area contributed by atoms with Gasteiger partial charge in [0.05, 0.1) is 102 Å². The summed E-state index contributed by atoms with van der Waals surface area (Å²) in [6.45, 7) is 7.07. The molecule has 0 fully saturated rings. The van der Waals surface area contributed by atoms with Gasteiger partial charge >= 0.3 is 12.1 Å². The van der Waals surface area contributed by atoms with E-state index in [0.29, 0.717) is 85.5 Å². The van der Waals surface area contributed by atoms with Crippen LogP contribution in [0.2, 0.25) is 0 Å². The highest BCUT2D eigenvalue weighted by Gasteiger charge is 2.29. The van der Waals surface area contributed by atoms with Gasteiger partial charge in [0.1, 0.15) is 18.7 Å². The molecule has 2 unspecified atom stereocenters. The summed E-state index contributed by atoms with van der Waals surface area (Å²) in [4.78, 5) is 117. The molecule has 9 amide bonds. The summed E-state index contributed by atoms with van der Waals surface area (Å²) in [5.41, 5.74) is 14.5. The summed E-state index contributed by atoms with van der Waals surface area (Å²) in [7, 11) is 1.90. The number of aromatic nitrogens is 3. The highest BCUT2D eigenvalue weighted by atomic mass is 16.6. The third-order valence-corrected chi connectivity index (χ3v) is 12.9. The van der Waals surface area contributed by atoms with Crippen molar-refractivity contribution in [2.45, 2.75) is 64.6 Å². The van der Waals surface area contributed by atoms with Crippen molar-refractivity contribution in [1.29, 1.82) is 0 Å². The number of hydrogen-bond acceptors (Lipinski definition) is 20. The lowest BCUT2D eigenvalue weighted by atomic mass is 10.0. The SMILES string of the molecule is CC(C)C(NC(=O)CCOCCOCCOCCOCCN1C(=O)C=CC1=O)C(=O)NC(CCCNC(N)=O)C(=O)Nc1ccc(COC(=O)NCCCOc2ccc3cc2OCCCN(C)c2ccncc2NC(=O)c2nc-3cnc2N)cc1. The Balaban J connectivity index is 0.882. The van der Waals surface area contributed by atoms with Gasteiger partial charge in [0.15, 0.2) is 23.0 Å². The molecule has 4 heterocycles. The van der Waals surface area contributed by atoms with Gasteiger partial charge in [-0.2, -0.15) is 0 Å².